The van der Waals surface area contributed by atoms with Crippen molar-refractivity contribution in [2.75, 3.05) is 18.4 Å². The highest BCUT2D eigenvalue weighted by Crippen LogP contribution is 2.19. The molecule has 1 aromatic heterocycles. The number of anilines is 1. The zero-order valence-corrected chi connectivity index (χ0v) is 10.1. The van der Waals surface area contributed by atoms with E-state index in [1.807, 2.05) is 0 Å². The molecule has 2 rings (SSSR count). The van der Waals surface area contributed by atoms with Crippen molar-refractivity contribution in [1.82, 2.24) is 14.7 Å². The maximum absolute atomic E-state index is 4.47. The normalized spacial score (nSPS) is 21.9. The largest absolute Gasteiger partial charge is 0.356 e. The van der Waals surface area contributed by atoms with Crippen molar-refractivity contribution < 1.29 is 0 Å². The van der Waals surface area contributed by atoms with Crippen LogP contribution in [0, 0.1) is 0 Å². The summed E-state index contributed by atoms with van der Waals surface area (Å²) in [5.74, 6) is 1.37. The van der Waals surface area contributed by atoms with E-state index in [9.17, 15) is 0 Å². The minimum Gasteiger partial charge on any atom is -0.356 e. The minimum atomic E-state index is 0.418. The maximum atomic E-state index is 4.47. The van der Waals surface area contributed by atoms with Crippen LogP contribution in [0.2, 0.25) is 0 Å². The van der Waals surface area contributed by atoms with Crippen molar-refractivity contribution in [3.8, 4) is 0 Å². The van der Waals surface area contributed by atoms with E-state index < -0.39 is 0 Å². The van der Waals surface area contributed by atoms with E-state index in [4.69, 9.17) is 0 Å². The lowest BCUT2D eigenvalue weighted by Gasteiger charge is -2.23. The van der Waals surface area contributed by atoms with Gasteiger partial charge >= 0.3 is 0 Å². The van der Waals surface area contributed by atoms with Gasteiger partial charge in [0.05, 0.1) is 0 Å². The van der Waals surface area contributed by atoms with Crippen molar-refractivity contribution in [3.05, 3.63) is 5.82 Å². The molecule has 4 nitrogen and oxygen atoms in total. The van der Waals surface area contributed by atoms with Gasteiger partial charge in [-0.3, -0.25) is 0 Å². The number of piperidine rings is 1. The average molecular weight is 226 g/mol. The summed E-state index contributed by atoms with van der Waals surface area (Å²) in [6, 6.07) is 0.520. The van der Waals surface area contributed by atoms with Crippen LogP contribution in [0.25, 0.3) is 0 Å². The van der Waals surface area contributed by atoms with Crippen LogP contribution in [0.1, 0.15) is 38.4 Å². The Bertz CT molecular complexity index is 304. The summed E-state index contributed by atoms with van der Waals surface area (Å²) in [6.45, 7) is 6.42. The lowest BCUT2D eigenvalue weighted by atomic mass is 10.1. The molecule has 2 heterocycles. The smallest absolute Gasteiger partial charge is 0.202 e. The Morgan fingerprint density at radius 2 is 2.40 bits per heavy atom. The Morgan fingerprint density at radius 3 is 3.00 bits per heavy atom. The second kappa shape index (κ2) is 4.90. The lowest BCUT2D eigenvalue weighted by molar-refractivity contribution is 0.479. The predicted octanol–water partition coefficient (Wildman–Crippen LogP) is 1.83. The van der Waals surface area contributed by atoms with Gasteiger partial charge in [-0.05, 0) is 19.4 Å². The highest BCUT2D eigenvalue weighted by Gasteiger charge is 2.15. The van der Waals surface area contributed by atoms with Gasteiger partial charge in [0, 0.05) is 30.0 Å². The molecular formula is C10H18N4S. The maximum Gasteiger partial charge on any atom is 0.202 e. The van der Waals surface area contributed by atoms with Crippen molar-refractivity contribution in [3.63, 3.8) is 0 Å². The Balaban J connectivity index is 1.91. The molecule has 0 bridgehead atoms. The van der Waals surface area contributed by atoms with E-state index in [0.29, 0.717) is 12.0 Å². The molecule has 15 heavy (non-hydrogen) atoms. The third-order valence-electron chi connectivity index (χ3n) is 2.58. The molecule has 0 amide bonds. The standard InChI is InChI=1S/C10H18N4S/c1-7(2)9-13-10(15-14-9)12-8-4-3-5-11-6-8/h7-8,11H,3-6H2,1-2H3,(H,12,13,14). The molecule has 1 fully saturated rings. The van der Waals surface area contributed by atoms with Gasteiger partial charge in [-0.15, -0.1) is 0 Å². The van der Waals surface area contributed by atoms with Gasteiger partial charge in [0.2, 0.25) is 5.13 Å². The molecule has 0 saturated carbocycles. The number of nitrogens with zero attached hydrogens (tertiary/aromatic N) is 2. The molecule has 0 radical (unpaired) electrons. The van der Waals surface area contributed by atoms with E-state index in [1.165, 1.54) is 24.4 Å². The molecule has 0 aromatic carbocycles. The Labute approximate surface area is 94.7 Å². The first-order valence-corrected chi connectivity index (χ1v) is 6.34. The molecular weight excluding hydrogens is 208 g/mol. The van der Waals surface area contributed by atoms with Crippen LogP contribution < -0.4 is 10.6 Å². The molecule has 84 valence electrons. The molecule has 0 aliphatic carbocycles. The number of nitrogens with one attached hydrogen (secondary N) is 2. The van der Waals surface area contributed by atoms with Crippen molar-refractivity contribution in [2.45, 2.75) is 38.6 Å². The van der Waals surface area contributed by atoms with Crippen LogP contribution in [-0.2, 0) is 0 Å². The van der Waals surface area contributed by atoms with Crippen molar-refractivity contribution >= 4 is 16.7 Å². The second-order valence-corrected chi connectivity index (χ2v) is 5.05. The first-order chi connectivity index (χ1) is 7.25. The van der Waals surface area contributed by atoms with E-state index in [0.717, 1.165) is 24.0 Å². The van der Waals surface area contributed by atoms with Gasteiger partial charge in [0.25, 0.3) is 0 Å². The Morgan fingerprint density at radius 1 is 1.53 bits per heavy atom. The first kappa shape index (κ1) is 10.8. The van der Waals surface area contributed by atoms with E-state index in [2.05, 4.69) is 33.8 Å². The van der Waals surface area contributed by atoms with Gasteiger partial charge in [-0.25, -0.2) is 4.98 Å². The van der Waals surface area contributed by atoms with Gasteiger partial charge < -0.3 is 10.6 Å². The fourth-order valence-electron chi connectivity index (χ4n) is 1.68. The van der Waals surface area contributed by atoms with Crippen molar-refractivity contribution in [2.24, 2.45) is 0 Å². The molecule has 1 saturated heterocycles. The third kappa shape index (κ3) is 2.89. The van der Waals surface area contributed by atoms with Crippen LogP contribution in [0.4, 0.5) is 5.13 Å². The highest BCUT2D eigenvalue weighted by atomic mass is 32.1. The minimum absolute atomic E-state index is 0.418. The molecule has 1 aromatic rings. The number of rotatable bonds is 3. The number of aromatic nitrogens is 2. The summed E-state index contributed by atoms with van der Waals surface area (Å²) in [4.78, 5) is 4.47. The van der Waals surface area contributed by atoms with Crippen molar-refractivity contribution in [1.29, 1.82) is 0 Å². The molecule has 1 unspecified atom stereocenters. The molecule has 1 aliphatic rings. The van der Waals surface area contributed by atoms with Gasteiger partial charge in [0.15, 0.2) is 0 Å². The Hall–Kier alpha value is -0.680. The number of hydrogen-bond acceptors (Lipinski definition) is 5. The zero-order valence-electron chi connectivity index (χ0n) is 9.29. The summed E-state index contributed by atoms with van der Waals surface area (Å²) in [5.41, 5.74) is 0. The SMILES string of the molecule is CC(C)c1nsc(NC2CCCNC2)n1. The van der Waals surface area contributed by atoms with Crippen LogP contribution in [-0.4, -0.2) is 28.5 Å². The highest BCUT2D eigenvalue weighted by molar-refractivity contribution is 7.09. The van der Waals surface area contributed by atoms with Crippen LogP contribution >= 0.6 is 11.5 Å². The summed E-state index contributed by atoms with van der Waals surface area (Å²) >= 11 is 1.47. The summed E-state index contributed by atoms with van der Waals surface area (Å²) in [6.07, 6.45) is 2.47. The van der Waals surface area contributed by atoms with E-state index >= 15 is 0 Å². The topological polar surface area (TPSA) is 49.8 Å². The monoisotopic (exact) mass is 226 g/mol. The van der Waals surface area contributed by atoms with Gasteiger partial charge in [-0.1, -0.05) is 13.8 Å². The fourth-order valence-corrected chi connectivity index (χ4v) is 2.46. The molecule has 5 heteroatoms. The molecule has 1 aliphatic heterocycles. The second-order valence-electron chi connectivity index (χ2n) is 4.30. The van der Waals surface area contributed by atoms with Crippen LogP contribution in [0.15, 0.2) is 0 Å². The summed E-state index contributed by atoms with van der Waals surface area (Å²) in [5, 5.41) is 7.78. The first-order valence-electron chi connectivity index (χ1n) is 5.56. The fraction of sp³-hybridized carbons (Fsp3) is 0.800. The quantitative estimate of drug-likeness (QED) is 0.825. The predicted molar refractivity (Wildman–Crippen MR) is 63.5 cm³/mol. The molecule has 2 N–H and O–H groups in total. The van der Waals surface area contributed by atoms with Crippen LogP contribution in [0.5, 0.6) is 0 Å². The van der Waals surface area contributed by atoms with E-state index in [1.54, 1.807) is 0 Å². The van der Waals surface area contributed by atoms with Crippen LogP contribution in [0.3, 0.4) is 0 Å². The van der Waals surface area contributed by atoms with Gasteiger partial charge in [-0.2, -0.15) is 4.37 Å². The number of hydrogen-bond donors (Lipinski definition) is 2. The molecule has 1 atom stereocenters. The molecule has 0 spiro atoms. The Kier molecular flexibility index (Phi) is 3.53. The van der Waals surface area contributed by atoms with E-state index in [-0.39, 0.29) is 0 Å². The van der Waals surface area contributed by atoms with Gasteiger partial charge in [0.1, 0.15) is 5.82 Å². The average Bonchev–Trinajstić information content (AvgIpc) is 2.68. The lowest BCUT2D eigenvalue weighted by Crippen LogP contribution is -2.38. The third-order valence-corrected chi connectivity index (χ3v) is 3.24. The summed E-state index contributed by atoms with van der Waals surface area (Å²) < 4.78 is 4.33. The zero-order chi connectivity index (χ0) is 10.7. The summed E-state index contributed by atoms with van der Waals surface area (Å²) in [7, 11) is 0.